The van der Waals surface area contributed by atoms with Crippen molar-refractivity contribution < 1.29 is 19.4 Å². The molecule has 2 N–H and O–H groups in total. The minimum Gasteiger partial charge on any atom is -0.481 e. The molecule has 2 heterocycles. The number of rotatable bonds is 6. The number of imidazole rings is 1. The highest BCUT2D eigenvalue weighted by Crippen LogP contribution is 2.18. The molecule has 1 aromatic rings. The van der Waals surface area contributed by atoms with Crippen molar-refractivity contribution >= 4 is 12.0 Å². The van der Waals surface area contributed by atoms with E-state index in [1.54, 1.807) is 19.6 Å². The molecule has 116 valence electrons. The third kappa shape index (κ3) is 3.94. The van der Waals surface area contributed by atoms with Gasteiger partial charge in [0.25, 0.3) is 0 Å². The Morgan fingerprint density at radius 2 is 2.33 bits per heavy atom. The Labute approximate surface area is 122 Å². The molecule has 1 aliphatic rings. The summed E-state index contributed by atoms with van der Waals surface area (Å²) >= 11 is 0. The first-order valence-electron chi connectivity index (χ1n) is 6.86. The molecule has 0 saturated carbocycles. The van der Waals surface area contributed by atoms with Crippen LogP contribution in [0.25, 0.3) is 0 Å². The van der Waals surface area contributed by atoms with E-state index in [4.69, 9.17) is 9.84 Å². The van der Waals surface area contributed by atoms with Gasteiger partial charge in [0.2, 0.25) is 0 Å². The predicted molar refractivity (Wildman–Crippen MR) is 73.7 cm³/mol. The van der Waals surface area contributed by atoms with Crippen molar-refractivity contribution in [2.24, 2.45) is 5.92 Å². The molecule has 1 fully saturated rings. The minimum absolute atomic E-state index is 0.151. The quantitative estimate of drug-likeness (QED) is 0.721. The van der Waals surface area contributed by atoms with Crippen molar-refractivity contribution in [3.63, 3.8) is 0 Å². The molecule has 2 amide bonds. The van der Waals surface area contributed by atoms with Gasteiger partial charge in [-0.05, 0) is 6.42 Å². The molecular formula is C13H20N4O4. The molecule has 0 radical (unpaired) electrons. The Morgan fingerprint density at radius 3 is 3.00 bits per heavy atom. The van der Waals surface area contributed by atoms with Gasteiger partial charge < -0.3 is 24.6 Å². The summed E-state index contributed by atoms with van der Waals surface area (Å²) in [7, 11) is 1.60. The lowest BCUT2D eigenvalue weighted by molar-refractivity contribution is -0.142. The van der Waals surface area contributed by atoms with Gasteiger partial charge >= 0.3 is 12.0 Å². The van der Waals surface area contributed by atoms with Crippen LogP contribution < -0.4 is 5.32 Å². The van der Waals surface area contributed by atoms with E-state index in [1.807, 2.05) is 10.8 Å². The van der Waals surface area contributed by atoms with Gasteiger partial charge in [0.1, 0.15) is 5.92 Å². The Bertz CT molecular complexity index is 477. The number of hydrogen-bond donors (Lipinski definition) is 2. The molecular weight excluding hydrogens is 276 g/mol. The van der Waals surface area contributed by atoms with Gasteiger partial charge in [-0.15, -0.1) is 0 Å². The van der Waals surface area contributed by atoms with E-state index in [9.17, 15) is 9.59 Å². The van der Waals surface area contributed by atoms with E-state index in [0.29, 0.717) is 6.54 Å². The summed E-state index contributed by atoms with van der Waals surface area (Å²) in [4.78, 5) is 28.4. The van der Waals surface area contributed by atoms with Gasteiger partial charge in [-0.2, -0.15) is 0 Å². The third-order valence-electron chi connectivity index (χ3n) is 3.61. The summed E-state index contributed by atoms with van der Waals surface area (Å²) in [5.41, 5.74) is 0. The van der Waals surface area contributed by atoms with Crippen LogP contribution >= 0.6 is 0 Å². The molecule has 21 heavy (non-hydrogen) atoms. The third-order valence-corrected chi connectivity index (χ3v) is 3.61. The van der Waals surface area contributed by atoms with E-state index in [-0.39, 0.29) is 19.2 Å². The largest absolute Gasteiger partial charge is 0.481 e. The van der Waals surface area contributed by atoms with Gasteiger partial charge in [0, 0.05) is 32.5 Å². The number of carbonyl (C=O) groups is 2. The number of amides is 2. The minimum atomic E-state index is -0.933. The van der Waals surface area contributed by atoms with Crippen LogP contribution in [0.15, 0.2) is 18.7 Å². The van der Waals surface area contributed by atoms with E-state index in [1.165, 1.54) is 4.90 Å². The lowest BCUT2D eigenvalue weighted by Crippen LogP contribution is -2.48. The zero-order chi connectivity index (χ0) is 15.2. The topological polar surface area (TPSA) is 96.7 Å². The first kappa shape index (κ1) is 15.3. The number of aromatic nitrogens is 2. The maximum absolute atomic E-state index is 12.0. The molecule has 2 rings (SSSR count). The fourth-order valence-electron chi connectivity index (χ4n) is 2.31. The van der Waals surface area contributed by atoms with E-state index >= 15 is 0 Å². The monoisotopic (exact) mass is 296 g/mol. The number of nitrogens with zero attached hydrogens (tertiary/aromatic N) is 3. The number of carboxylic acid groups (broad SMARTS) is 1. The number of nitrogens with one attached hydrogen (secondary N) is 1. The summed E-state index contributed by atoms with van der Waals surface area (Å²) in [6.45, 7) is 1.70. The molecule has 0 aromatic carbocycles. The summed E-state index contributed by atoms with van der Waals surface area (Å²) in [5.74, 6) is -1.59. The fraction of sp³-hybridized carbons (Fsp3) is 0.615. The van der Waals surface area contributed by atoms with E-state index < -0.39 is 17.9 Å². The van der Waals surface area contributed by atoms with Crippen LogP contribution in [0.3, 0.4) is 0 Å². The number of aliphatic carboxylic acids is 1. The predicted octanol–water partition coefficient (Wildman–Crippen LogP) is 0.0142. The van der Waals surface area contributed by atoms with Crippen molar-refractivity contribution in [2.75, 3.05) is 26.8 Å². The van der Waals surface area contributed by atoms with Crippen LogP contribution in [0.5, 0.6) is 0 Å². The molecule has 1 aromatic heterocycles. The SMILES string of the molecule is CN(C(=O)NCCCn1ccnc1)C1COCC1C(=O)O. The number of aryl methyl sites for hydroxylation is 1. The second kappa shape index (κ2) is 7.07. The second-order valence-electron chi connectivity index (χ2n) is 5.05. The lowest BCUT2D eigenvalue weighted by atomic mass is 10.0. The van der Waals surface area contributed by atoms with Crippen LogP contribution in [0, 0.1) is 5.92 Å². The maximum atomic E-state index is 12.0. The molecule has 0 bridgehead atoms. The van der Waals surface area contributed by atoms with Crippen molar-refractivity contribution in [3.8, 4) is 0 Å². The number of carbonyl (C=O) groups excluding carboxylic acids is 1. The van der Waals surface area contributed by atoms with Crippen molar-refractivity contribution in [2.45, 2.75) is 19.0 Å². The van der Waals surface area contributed by atoms with Gasteiger partial charge in [-0.3, -0.25) is 4.79 Å². The molecule has 1 saturated heterocycles. The number of carboxylic acids is 1. The molecule has 0 aliphatic carbocycles. The Balaban J connectivity index is 1.73. The van der Waals surface area contributed by atoms with Crippen LogP contribution in [0.1, 0.15) is 6.42 Å². The van der Waals surface area contributed by atoms with Gasteiger partial charge in [0.15, 0.2) is 0 Å². The highest BCUT2D eigenvalue weighted by Gasteiger charge is 2.38. The van der Waals surface area contributed by atoms with Crippen LogP contribution in [-0.4, -0.2) is 64.4 Å². The van der Waals surface area contributed by atoms with Crippen LogP contribution in [0.2, 0.25) is 0 Å². The standard InChI is InChI=1S/C13H20N4O4/c1-16(11-8-21-7-10(11)12(18)19)13(20)15-3-2-5-17-6-4-14-9-17/h4,6,9-11H,2-3,5,7-8H2,1H3,(H,15,20)(H,18,19). The zero-order valence-corrected chi connectivity index (χ0v) is 11.9. The molecule has 8 nitrogen and oxygen atoms in total. The average Bonchev–Trinajstić information content (AvgIpc) is 3.13. The lowest BCUT2D eigenvalue weighted by Gasteiger charge is -2.26. The Morgan fingerprint density at radius 1 is 1.52 bits per heavy atom. The molecule has 8 heteroatoms. The normalized spacial score (nSPS) is 21.2. The first-order valence-corrected chi connectivity index (χ1v) is 6.86. The second-order valence-corrected chi connectivity index (χ2v) is 5.05. The highest BCUT2D eigenvalue weighted by atomic mass is 16.5. The van der Waals surface area contributed by atoms with E-state index in [0.717, 1.165) is 13.0 Å². The van der Waals surface area contributed by atoms with Crippen LogP contribution in [-0.2, 0) is 16.1 Å². The van der Waals surface area contributed by atoms with Gasteiger partial charge in [0.05, 0.1) is 25.6 Å². The Hall–Kier alpha value is -2.09. The molecule has 2 atom stereocenters. The van der Waals surface area contributed by atoms with Crippen molar-refractivity contribution in [3.05, 3.63) is 18.7 Å². The number of likely N-dealkylation sites (N-methyl/N-ethyl adjacent to an activating group) is 1. The zero-order valence-electron chi connectivity index (χ0n) is 11.9. The molecule has 2 unspecified atom stereocenters. The fourth-order valence-corrected chi connectivity index (χ4v) is 2.31. The summed E-state index contributed by atoms with van der Waals surface area (Å²) in [6, 6.07) is -0.696. The Kier molecular flexibility index (Phi) is 5.15. The highest BCUT2D eigenvalue weighted by molar-refractivity contribution is 5.77. The van der Waals surface area contributed by atoms with Crippen molar-refractivity contribution in [1.82, 2.24) is 19.8 Å². The first-order chi connectivity index (χ1) is 10.1. The van der Waals surface area contributed by atoms with Gasteiger partial charge in [-0.25, -0.2) is 9.78 Å². The summed E-state index contributed by atoms with van der Waals surface area (Å²) in [5, 5.41) is 11.9. The molecule has 0 spiro atoms. The maximum Gasteiger partial charge on any atom is 0.317 e. The van der Waals surface area contributed by atoms with E-state index in [2.05, 4.69) is 10.3 Å². The van der Waals surface area contributed by atoms with Gasteiger partial charge in [-0.1, -0.05) is 0 Å². The number of urea groups is 1. The van der Waals surface area contributed by atoms with Crippen molar-refractivity contribution in [1.29, 1.82) is 0 Å². The average molecular weight is 296 g/mol. The summed E-state index contributed by atoms with van der Waals surface area (Å²) in [6.07, 6.45) is 6.07. The molecule has 1 aliphatic heterocycles. The summed E-state index contributed by atoms with van der Waals surface area (Å²) < 4.78 is 7.10. The number of hydrogen-bond acceptors (Lipinski definition) is 4. The van der Waals surface area contributed by atoms with Crippen LogP contribution in [0.4, 0.5) is 4.79 Å². The smallest absolute Gasteiger partial charge is 0.317 e. The number of ether oxygens (including phenoxy) is 1.